The molecule has 1 fully saturated rings. The molecule has 0 heterocycles. The van der Waals surface area contributed by atoms with Gasteiger partial charge < -0.3 is 9.47 Å². The molecule has 1 saturated carbocycles. The molecule has 1 aromatic rings. The van der Waals surface area contributed by atoms with Crippen LogP contribution in [0.4, 0.5) is 0 Å². The highest BCUT2D eigenvalue weighted by molar-refractivity contribution is 7.88. The number of carbonyl (C=O) groups excluding carboxylic acids is 1. The molecule has 1 aliphatic rings. The topological polar surface area (TPSA) is 81.7 Å². The average Bonchev–Trinajstić information content (AvgIpc) is 3.32. The summed E-state index contributed by atoms with van der Waals surface area (Å²) < 4.78 is 35.7. The molecule has 0 atom stereocenters. The number of rotatable bonds is 9. The van der Waals surface area contributed by atoms with E-state index in [-0.39, 0.29) is 13.2 Å². The molecule has 126 valence electrons. The number of sulfonamides is 1. The van der Waals surface area contributed by atoms with Gasteiger partial charge in [0.1, 0.15) is 12.4 Å². The molecule has 0 aromatic heterocycles. The maximum atomic E-state index is 11.9. The van der Waals surface area contributed by atoms with Crippen LogP contribution < -0.4 is 9.46 Å². The van der Waals surface area contributed by atoms with Crippen molar-refractivity contribution in [3.63, 3.8) is 0 Å². The molecule has 23 heavy (non-hydrogen) atoms. The van der Waals surface area contributed by atoms with Crippen LogP contribution in [0.3, 0.4) is 0 Å². The van der Waals surface area contributed by atoms with Crippen LogP contribution in [0.2, 0.25) is 0 Å². The fraction of sp³-hybridized carbons (Fsp3) is 0.438. The Morgan fingerprint density at radius 2 is 2.17 bits per heavy atom. The molecule has 2 rings (SSSR count). The number of benzene rings is 1. The van der Waals surface area contributed by atoms with Crippen LogP contribution in [0, 0.1) is 5.92 Å². The van der Waals surface area contributed by atoms with Crippen molar-refractivity contribution in [3.05, 3.63) is 42.0 Å². The van der Waals surface area contributed by atoms with E-state index >= 15 is 0 Å². The summed E-state index contributed by atoms with van der Waals surface area (Å²) in [5.74, 6) is 0.576. The second kappa shape index (κ2) is 7.61. The third-order valence-corrected chi connectivity index (χ3v) is 4.00. The van der Waals surface area contributed by atoms with Gasteiger partial charge in [-0.05, 0) is 30.9 Å². The lowest BCUT2D eigenvalue weighted by atomic mass is 10.1. The van der Waals surface area contributed by atoms with E-state index < -0.39 is 16.0 Å². The van der Waals surface area contributed by atoms with Crippen molar-refractivity contribution in [2.24, 2.45) is 5.92 Å². The third kappa shape index (κ3) is 6.03. The number of esters is 1. The smallest absolute Gasteiger partial charge is 0.338 e. The first kappa shape index (κ1) is 17.5. The average molecular weight is 339 g/mol. The van der Waals surface area contributed by atoms with E-state index in [2.05, 4.69) is 11.3 Å². The summed E-state index contributed by atoms with van der Waals surface area (Å²) in [7, 11) is -3.30. The summed E-state index contributed by atoms with van der Waals surface area (Å²) in [6, 6.07) is 4.85. The SMILES string of the molecule is C=CCOC(=O)c1ccc(CNS(C)(=O)=O)c(OCC2CC2)c1. The summed E-state index contributed by atoms with van der Waals surface area (Å²) in [6.07, 6.45) is 4.86. The Kier molecular flexibility index (Phi) is 5.79. The Balaban J connectivity index is 2.14. The van der Waals surface area contributed by atoms with E-state index in [1.807, 2.05) is 0 Å². The van der Waals surface area contributed by atoms with Gasteiger partial charge in [0.05, 0.1) is 18.4 Å². The third-order valence-electron chi connectivity index (χ3n) is 3.33. The van der Waals surface area contributed by atoms with Crippen molar-refractivity contribution in [1.82, 2.24) is 4.72 Å². The maximum Gasteiger partial charge on any atom is 0.338 e. The number of hydrogen-bond donors (Lipinski definition) is 1. The van der Waals surface area contributed by atoms with E-state index in [1.54, 1.807) is 18.2 Å². The van der Waals surface area contributed by atoms with Crippen molar-refractivity contribution in [2.45, 2.75) is 19.4 Å². The highest BCUT2D eigenvalue weighted by Crippen LogP contribution is 2.31. The van der Waals surface area contributed by atoms with Crippen molar-refractivity contribution >= 4 is 16.0 Å². The fourth-order valence-corrected chi connectivity index (χ4v) is 2.30. The van der Waals surface area contributed by atoms with E-state index in [1.165, 1.54) is 6.08 Å². The second-order valence-electron chi connectivity index (χ2n) is 5.56. The van der Waals surface area contributed by atoms with Crippen molar-refractivity contribution < 1.29 is 22.7 Å². The number of ether oxygens (including phenoxy) is 2. The first-order valence-electron chi connectivity index (χ1n) is 7.37. The molecule has 0 bridgehead atoms. The molecule has 0 unspecified atom stereocenters. The Labute approximate surface area is 136 Å². The Bertz CT molecular complexity index is 680. The van der Waals surface area contributed by atoms with Gasteiger partial charge in [0.2, 0.25) is 10.0 Å². The zero-order chi connectivity index (χ0) is 16.9. The molecular weight excluding hydrogens is 318 g/mol. The molecule has 0 radical (unpaired) electrons. The molecule has 0 aliphatic heterocycles. The Hall–Kier alpha value is -1.86. The zero-order valence-electron chi connectivity index (χ0n) is 13.1. The first-order chi connectivity index (χ1) is 10.9. The second-order valence-corrected chi connectivity index (χ2v) is 7.39. The van der Waals surface area contributed by atoms with Crippen LogP contribution in [-0.4, -0.2) is 33.9 Å². The maximum absolute atomic E-state index is 11.9. The van der Waals surface area contributed by atoms with Crippen LogP contribution in [0.5, 0.6) is 5.75 Å². The van der Waals surface area contributed by atoms with E-state index in [0.29, 0.717) is 29.4 Å². The normalized spacial score (nSPS) is 14.3. The lowest BCUT2D eigenvalue weighted by Crippen LogP contribution is -2.22. The van der Waals surface area contributed by atoms with Crippen LogP contribution in [0.1, 0.15) is 28.8 Å². The minimum absolute atomic E-state index is 0.112. The van der Waals surface area contributed by atoms with E-state index in [0.717, 1.165) is 19.1 Å². The van der Waals surface area contributed by atoms with Gasteiger partial charge in [-0.25, -0.2) is 17.9 Å². The Morgan fingerprint density at radius 3 is 2.78 bits per heavy atom. The monoisotopic (exact) mass is 339 g/mol. The van der Waals surface area contributed by atoms with E-state index in [9.17, 15) is 13.2 Å². The summed E-state index contributed by atoms with van der Waals surface area (Å²) in [4.78, 5) is 11.9. The molecule has 0 saturated heterocycles. The molecule has 7 heteroatoms. The van der Waals surface area contributed by atoms with Gasteiger partial charge >= 0.3 is 5.97 Å². The van der Waals surface area contributed by atoms with Gasteiger partial charge in [-0.2, -0.15) is 0 Å². The quantitative estimate of drug-likeness (QED) is 0.549. The largest absolute Gasteiger partial charge is 0.493 e. The lowest BCUT2D eigenvalue weighted by Gasteiger charge is -2.13. The van der Waals surface area contributed by atoms with Crippen molar-refractivity contribution in [1.29, 1.82) is 0 Å². The van der Waals surface area contributed by atoms with Gasteiger partial charge in [-0.15, -0.1) is 0 Å². The van der Waals surface area contributed by atoms with Gasteiger partial charge in [-0.1, -0.05) is 18.7 Å². The van der Waals surface area contributed by atoms with Crippen LogP contribution in [-0.2, 0) is 21.3 Å². The minimum Gasteiger partial charge on any atom is -0.493 e. The number of nitrogens with one attached hydrogen (secondary N) is 1. The Morgan fingerprint density at radius 1 is 1.43 bits per heavy atom. The van der Waals surface area contributed by atoms with Gasteiger partial charge in [0, 0.05) is 12.1 Å². The molecular formula is C16H21NO5S. The summed E-state index contributed by atoms with van der Waals surface area (Å²) in [5.41, 5.74) is 1.04. The summed E-state index contributed by atoms with van der Waals surface area (Å²) >= 11 is 0. The molecule has 1 aromatic carbocycles. The van der Waals surface area contributed by atoms with Gasteiger partial charge in [0.25, 0.3) is 0 Å². The standard InChI is InChI=1S/C16H21NO5S/c1-3-8-21-16(18)13-6-7-14(10-17-23(2,19)20)15(9-13)22-11-12-4-5-12/h3,6-7,9,12,17H,1,4-5,8,10-11H2,2H3. The predicted molar refractivity (Wildman–Crippen MR) is 86.8 cm³/mol. The highest BCUT2D eigenvalue weighted by atomic mass is 32.2. The van der Waals surface area contributed by atoms with Crippen LogP contribution in [0.15, 0.2) is 30.9 Å². The van der Waals surface area contributed by atoms with E-state index in [4.69, 9.17) is 9.47 Å². The summed E-state index contributed by atoms with van der Waals surface area (Å²) in [5, 5.41) is 0. The summed E-state index contributed by atoms with van der Waals surface area (Å²) in [6.45, 7) is 4.31. The predicted octanol–water partition coefficient (Wildman–Crippen LogP) is 1.87. The molecule has 6 nitrogen and oxygen atoms in total. The van der Waals surface area contributed by atoms with Gasteiger partial charge in [0.15, 0.2) is 0 Å². The number of carbonyl (C=O) groups is 1. The lowest BCUT2D eigenvalue weighted by molar-refractivity contribution is 0.0549. The fourth-order valence-electron chi connectivity index (χ4n) is 1.88. The molecule has 0 amide bonds. The van der Waals surface area contributed by atoms with Crippen molar-refractivity contribution in [3.8, 4) is 5.75 Å². The van der Waals surface area contributed by atoms with Crippen molar-refractivity contribution in [2.75, 3.05) is 19.5 Å². The zero-order valence-corrected chi connectivity index (χ0v) is 13.9. The first-order valence-corrected chi connectivity index (χ1v) is 9.26. The minimum atomic E-state index is -3.30. The molecule has 0 spiro atoms. The molecule has 1 aliphatic carbocycles. The molecule has 1 N–H and O–H groups in total. The van der Waals surface area contributed by atoms with Crippen LogP contribution in [0.25, 0.3) is 0 Å². The van der Waals surface area contributed by atoms with Crippen LogP contribution >= 0.6 is 0 Å². The number of hydrogen-bond acceptors (Lipinski definition) is 5. The van der Waals surface area contributed by atoms with Gasteiger partial charge in [-0.3, -0.25) is 0 Å². The highest BCUT2D eigenvalue weighted by Gasteiger charge is 2.23.